The van der Waals surface area contributed by atoms with E-state index in [0.29, 0.717) is 0 Å². The van der Waals surface area contributed by atoms with E-state index in [2.05, 4.69) is 30.1 Å². The van der Waals surface area contributed by atoms with Crippen LogP contribution in [0.3, 0.4) is 0 Å². The van der Waals surface area contributed by atoms with Crippen LogP contribution in [0.1, 0.15) is 12.6 Å². The zero-order valence-electron chi connectivity index (χ0n) is 8.96. The Balaban J connectivity index is 3.48. The van der Waals surface area contributed by atoms with Crippen LogP contribution < -0.4 is 10.6 Å². The van der Waals surface area contributed by atoms with Crippen LogP contribution in [0.25, 0.3) is 12.7 Å². The molecule has 72 valence electrons. The molecule has 0 bridgehead atoms. The van der Waals surface area contributed by atoms with E-state index in [1.165, 1.54) is 5.69 Å². The molecule has 0 atom stereocenters. The summed E-state index contributed by atoms with van der Waals surface area (Å²) in [7, 11) is 2.01. The molecule has 0 amide bonds. The molecule has 1 nitrogen and oxygen atoms in total. The Labute approximate surface area is 85.1 Å². The summed E-state index contributed by atoms with van der Waals surface area (Å²) in [6.45, 7) is 7.96. The van der Waals surface area contributed by atoms with Crippen LogP contribution >= 0.6 is 0 Å². The van der Waals surface area contributed by atoms with Crippen LogP contribution in [0.5, 0.6) is 0 Å². The van der Waals surface area contributed by atoms with Gasteiger partial charge in [-0.3, -0.25) is 0 Å². The van der Waals surface area contributed by atoms with Gasteiger partial charge in [0.15, 0.2) is 0 Å². The van der Waals surface area contributed by atoms with Crippen LogP contribution in [0.2, 0.25) is 0 Å². The van der Waals surface area contributed by atoms with Crippen molar-refractivity contribution >= 4 is 12.7 Å². The Bertz CT molecular complexity index is 507. The number of rotatable bonds is 1. The van der Waals surface area contributed by atoms with Gasteiger partial charge in [-0.05, 0) is 31.2 Å². The minimum atomic E-state index is 0.885. The van der Waals surface area contributed by atoms with Gasteiger partial charge in [0.1, 0.15) is 0 Å². The van der Waals surface area contributed by atoms with E-state index >= 15 is 0 Å². The second-order valence-corrected chi connectivity index (χ2v) is 3.29. The predicted molar refractivity (Wildman–Crippen MR) is 62.0 cm³/mol. The lowest BCUT2D eigenvalue weighted by Gasteiger charge is -1.96. The molecular weight excluding hydrogens is 170 g/mol. The van der Waals surface area contributed by atoms with Crippen LogP contribution in [0.4, 0.5) is 0 Å². The van der Waals surface area contributed by atoms with Crippen molar-refractivity contribution in [1.29, 1.82) is 0 Å². The highest BCUT2D eigenvalue weighted by Crippen LogP contribution is 1.93. The first-order valence-electron chi connectivity index (χ1n) is 4.56. The van der Waals surface area contributed by atoms with Crippen LogP contribution in [-0.4, -0.2) is 4.57 Å². The first-order valence-corrected chi connectivity index (χ1v) is 4.56. The summed E-state index contributed by atoms with van der Waals surface area (Å²) in [6.07, 6.45) is 9.26. The van der Waals surface area contributed by atoms with Crippen molar-refractivity contribution in [3.63, 3.8) is 0 Å². The number of allylic oxidation sites excluding steroid dienone is 2. The Hall–Kier alpha value is -1.68. The molecule has 0 unspecified atom stereocenters. The van der Waals surface area contributed by atoms with Crippen molar-refractivity contribution in [3.8, 4) is 12.3 Å². The Kier molecular flexibility index (Phi) is 2.99. The van der Waals surface area contributed by atoms with Crippen LogP contribution in [0.15, 0.2) is 17.7 Å². The first kappa shape index (κ1) is 10.4. The first-order chi connectivity index (χ1) is 6.60. The quantitative estimate of drug-likeness (QED) is 0.577. The van der Waals surface area contributed by atoms with E-state index in [4.69, 9.17) is 6.42 Å². The van der Waals surface area contributed by atoms with Gasteiger partial charge in [0.2, 0.25) is 0 Å². The fourth-order valence-electron chi connectivity index (χ4n) is 1.37. The lowest BCUT2D eigenvalue weighted by molar-refractivity contribution is 0.849. The Morgan fingerprint density at radius 3 is 2.64 bits per heavy atom. The van der Waals surface area contributed by atoms with Crippen molar-refractivity contribution in [2.45, 2.75) is 13.8 Å². The molecule has 14 heavy (non-hydrogen) atoms. The number of terminal acetylenes is 1. The summed E-state index contributed by atoms with van der Waals surface area (Å²) in [5, 5.41) is 2.09. The maximum Gasteiger partial charge on any atom is 0.0486 e. The topological polar surface area (TPSA) is 4.93 Å². The smallest absolute Gasteiger partial charge is 0.0486 e. The standard InChI is InChI=1S/C13H15N/c1-6-12(7-2)9-13-10(3)8-11(4)14(13)5/h1,7-9H,3H2,2,4-5H3/b12-7-,13-9+. The molecule has 0 saturated carbocycles. The SMILES string of the molecule is C#CC(=C/C)/C=c1\c(=C)cc(C)n1C. The zero-order valence-corrected chi connectivity index (χ0v) is 8.96. The highest BCUT2D eigenvalue weighted by atomic mass is 14.9. The Morgan fingerprint density at radius 2 is 2.29 bits per heavy atom. The van der Waals surface area contributed by atoms with Crippen molar-refractivity contribution < 1.29 is 0 Å². The minimum Gasteiger partial charge on any atom is -0.348 e. The van der Waals surface area contributed by atoms with Crippen molar-refractivity contribution in [2.75, 3.05) is 0 Å². The summed E-state index contributed by atoms with van der Waals surface area (Å²) in [5.41, 5.74) is 2.07. The lowest BCUT2D eigenvalue weighted by atomic mass is 10.2. The second kappa shape index (κ2) is 4.02. The Morgan fingerprint density at radius 1 is 1.64 bits per heavy atom. The van der Waals surface area contributed by atoms with Gasteiger partial charge in [-0.2, -0.15) is 0 Å². The minimum absolute atomic E-state index is 0.885. The molecule has 1 heterocycles. The summed E-state index contributed by atoms with van der Waals surface area (Å²) >= 11 is 0. The number of hydrogen-bond acceptors (Lipinski definition) is 0. The molecule has 1 rings (SSSR count). The van der Waals surface area contributed by atoms with Gasteiger partial charge in [-0.1, -0.05) is 18.6 Å². The maximum atomic E-state index is 5.36. The molecule has 0 saturated heterocycles. The van der Waals surface area contributed by atoms with Gasteiger partial charge < -0.3 is 4.57 Å². The van der Waals surface area contributed by atoms with Gasteiger partial charge in [0.25, 0.3) is 0 Å². The van der Waals surface area contributed by atoms with Gasteiger partial charge >= 0.3 is 0 Å². The monoisotopic (exact) mass is 185 g/mol. The molecule has 0 fully saturated rings. The van der Waals surface area contributed by atoms with E-state index in [1.54, 1.807) is 0 Å². The van der Waals surface area contributed by atoms with Gasteiger partial charge in [0, 0.05) is 23.7 Å². The number of aryl methyl sites for hydroxylation is 1. The molecule has 0 N–H and O–H groups in total. The molecule has 0 spiro atoms. The van der Waals surface area contributed by atoms with Gasteiger partial charge in [-0.25, -0.2) is 0 Å². The van der Waals surface area contributed by atoms with Crippen LogP contribution in [0, 0.1) is 19.3 Å². The van der Waals surface area contributed by atoms with E-state index in [1.807, 2.05) is 26.1 Å². The van der Waals surface area contributed by atoms with Gasteiger partial charge in [-0.15, -0.1) is 6.42 Å². The molecule has 1 heteroatoms. The average molecular weight is 185 g/mol. The summed E-state index contributed by atoms with van der Waals surface area (Å²) in [4.78, 5) is 0. The molecule has 1 aromatic rings. The third kappa shape index (κ3) is 1.80. The van der Waals surface area contributed by atoms with E-state index in [-0.39, 0.29) is 0 Å². The van der Waals surface area contributed by atoms with Crippen molar-refractivity contribution in [1.82, 2.24) is 4.57 Å². The van der Waals surface area contributed by atoms with E-state index in [0.717, 1.165) is 16.1 Å². The van der Waals surface area contributed by atoms with E-state index in [9.17, 15) is 0 Å². The lowest BCUT2D eigenvalue weighted by Crippen LogP contribution is -2.26. The van der Waals surface area contributed by atoms with E-state index < -0.39 is 0 Å². The molecule has 0 aliphatic carbocycles. The number of aromatic nitrogens is 1. The van der Waals surface area contributed by atoms with Crippen molar-refractivity contribution in [3.05, 3.63) is 34.0 Å². The normalized spacial score (nSPS) is 13.0. The van der Waals surface area contributed by atoms with Gasteiger partial charge in [0.05, 0.1) is 0 Å². The maximum absolute atomic E-state index is 5.36. The average Bonchev–Trinajstić information content (AvgIpc) is 2.40. The highest BCUT2D eigenvalue weighted by Gasteiger charge is 1.95. The molecule has 0 radical (unpaired) electrons. The second-order valence-electron chi connectivity index (χ2n) is 3.29. The number of hydrogen-bond donors (Lipinski definition) is 0. The zero-order chi connectivity index (χ0) is 10.7. The predicted octanol–water partition coefficient (Wildman–Crippen LogP) is 1.10. The highest BCUT2D eigenvalue weighted by molar-refractivity contribution is 5.55. The van der Waals surface area contributed by atoms with Crippen molar-refractivity contribution in [2.24, 2.45) is 7.05 Å². The molecule has 0 aliphatic rings. The fraction of sp³-hybridized carbons (Fsp3) is 0.231. The summed E-state index contributed by atoms with van der Waals surface area (Å²) in [6, 6.07) is 2.05. The summed E-state index contributed by atoms with van der Waals surface area (Å²) in [5.74, 6) is 2.63. The number of nitrogens with zero attached hydrogens (tertiary/aromatic N) is 1. The largest absolute Gasteiger partial charge is 0.348 e. The fourth-order valence-corrected chi connectivity index (χ4v) is 1.37. The van der Waals surface area contributed by atoms with Crippen LogP contribution in [-0.2, 0) is 7.05 Å². The third-order valence-electron chi connectivity index (χ3n) is 2.37. The third-order valence-corrected chi connectivity index (χ3v) is 2.37. The molecule has 0 aliphatic heterocycles. The molecular formula is C13H15N. The molecule has 0 aromatic carbocycles. The summed E-state index contributed by atoms with van der Waals surface area (Å²) < 4.78 is 2.09. The molecule has 1 aromatic heterocycles.